The summed E-state index contributed by atoms with van der Waals surface area (Å²) < 4.78 is 0. The van der Waals surface area contributed by atoms with Gasteiger partial charge in [0.15, 0.2) is 0 Å². The van der Waals surface area contributed by atoms with E-state index in [0.29, 0.717) is 11.5 Å². The molecule has 4 heteroatoms. The Bertz CT molecular complexity index is 605. The third-order valence-electron chi connectivity index (χ3n) is 4.22. The van der Waals surface area contributed by atoms with Crippen molar-refractivity contribution in [3.8, 4) is 11.8 Å². The topological polar surface area (TPSA) is 52.6 Å². The Kier molecular flexibility index (Phi) is 6.42. The third kappa shape index (κ3) is 6.35. The van der Waals surface area contributed by atoms with Crippen molar-refractivity contribution in [2.45, 2.75) is 38.7 Å². The molecule has 130 valence electrons. The Morgan fingerprint density at radius 1 is 1.38 bits per heavy atom. The number of nitrogens with zero attached hydrogens (tertiary/aromatic N) is 1. The predicted molar refractivity (Wildman–Crippen MR) is 96.8 cm³/mol. The first kappa shape index (κ1) is 18.5. The molecule has 1 aliphatic heterocycles. The Morgan fingerprint density at radius 2 is 2.08 bits per heavy atom. The van der Waals surface area contributed by atoms with Crippen molar-refractivity contribution in [2.75, 3.05) is 26.7 Å². The van der Waals surface area contributed by atoms with Gasteiger partial charge < -0.3 is 15.3 Å². The van der Waals surface area contributed by atoms with Gasteiger partial charge >= 0.3 is 0 Å². The van der Waals surface area contributed by atoms with Gasteiger partial charge in [-0.25, -0.2) is 0 Å². The van der Waals surface area contributed by atoms with E-state index >= 15 is 0 Å². The lowest BCUT2D eigenvalue weighted by Gasteiger charge is -2.29. The standard InChI is InChI=1S/C20H28N2O2/c1-20(2,24)12-10-16-6-8-18(9-7-16)19(23)21-13-11-17-5-4-14-22(3)15-17/h6-9,17,24H,4-5,11,13-15H2,1-3H3,(H,21,23)/t17-/m0/s1. The van der Waals surface area contributed by atoms with Gasteiger partial charge in [0.05, 0.1) is 0 Å². The minimum Gasteiger partial charge on any atom is -0.378 e. The lowest BCUT2D eigenvalue weighted by atomic mass is 9.95. The average molecular weight is 328 g/mol. The van der Waals surface area contributed by atoms with Crippen LogP contribution in [0.2, 0.25) is 0 Å². The normalized spacial score (nSPS) is 18.6. The summed E-state index contributed by atoms with van der Waals surface area (Å²) in [7, 11) is 2.16. The van der Waals surface area contributed by atoms with Crippen molar-refractivity contribution < 1.29 is 9.90 Å². The molecule has 1 amide bonds. The first-order chi connectivity index (χ1) is 11.3. The van der Waals surface area contributed by atoms with Gasteiger partial charge in [-0.05, 0) is 76.9 Å². The van der Waals surface area contributed by atoms with E-state index in [1.165, 1.54) is 19.4 Å². The van der Waals surface area contributed by atoms with Crippen LogP contribution in [0.3, 0.4) is 0 Å². The van der Waals surface area contributed by atoms with Crippen molar-refractivity contribution in [1.82, 2.24) is 10.2 Å². The van der Waals surface area contributed by atoms with Crippen LogP contribution in [0.25, 0.3) is 0 Å². The Labute approximate surface area is 145 Å². The number of hydrogen-bond acceptors (Lipinski definition) is 3. The molecule has 0 unspecified atom stereocenters. The van der Waals surface area contributed by atoms with Gasteiger partial charge in [-0.3, -0.25) is 4.79 Å². The van der Waals surface area contributed by atoms with E-state index in [-0.39, 0.29) is 5.91 Å². The maximum absolute atomic E-state index is 12.2. The summed E-state index contributed by atoms with van der Waals surface area (Å²) >= 11 is 0. The van der Waals surface area contributed by atoms with Crippen molar-refractivity contribution >= 4 is 5.91 Å². The number of likely N-dealkylation sites (tertiary alicyclic amines) is 1. The molecular weight excluding hydrogens is 300 g/mol. The van der Waals surface area contributed by atoms with Crippen LogP contribution >= 0.6 is 0 Å². The van der Waals surface area contributed by atoms with E-state index in [2.05, 4.69) is 29.1 Å². The largest absolute Gasteiger partial charge is 0.378 e. The van der Waals surface area contributed by atoms with E-state index in [1.807, 2.05) is 12.1 Å². The minimum absolute atomic E-state index is 0.0406. The molecule has 0 aromatic heterocycles. The molecule has 1 fully saturated rings. The predicted octanol–water partition coefficient (Wildman–Crippen LogP) is 2.27. The molecule has 0 aliphatic carbocycles. The van der Waals surface area contributed by atoms with Gasteiger partial charge in [0.2, 0.25) is 0 Å². The number of amides is 1. The van der Waals surface area contributed by atoms with Crippen molar-refractivity contribution in [3.05, 3.63) is 35.4 Å². The highest BCUT2D eigenvalue weighted by atomic mass is 16.3. The van der Waals surface area contributed by atoms with Crippen molar-refractivity contribution in [3.63, 3.8) is 0 Å². The summed E-state index contributed by atoms with van der Waals surface area (Å²) in [5, 5.41) is 12.6. The van der Waals surface area contributed by atoms with Crippen LogP contribution in [-0.2, 0) is 0 Å². The number of rotatable bonds is 4. The van der Waals surface area contributed by atoms with E-state index in [1.54, 1.807) is 26.0 Å². The second-order valence-electron chi connectivity index (χ2n) is 7.20. The van der Waals surface area contributed by atoms with Crippen LogP contribution in [0.15, 0.2) is 24.3 Å². The number of benzene rings is 1. The summed E-state index contributed by atoms with van der Waals surface area (Å²) in [6.07, 6.45) is 3.54. The molecule has 1 heterocycles. The van der Waals surface area contributed by atoms with Crippen LogP contribution in [0.4, 0.5) is 0 Å². The lowest BCUT2D eigenvalue weighted by Crippen LogP contribution is -2.34. The fourth-order valence-corrected chi connectivity index (χ4v) is 2.93. The second kappa shape index (κ2) is 8.32. The summed E-state index contributed by atoms with van der Waals surface area (Å²) in [5.74, 6) is 6.31. The fourth-order valence-electron chi connectivity index (χ4n) is 2.93. The molecule has 2 rings (SSSR count). The van der Waals surface area contributed by atoms with Gasteiger partial charge in [-0.1, -0.05) is 11.8 Å². The number of hydrogen-bond donors (Lipinski definition) is 2. The van der Waals surface area contributed by atoms with Crippen molar-refractivity contribution in [2.24, 2.45) is 5.92 Å². The smallest absolute Gasteiger partial charge is 0.251 e. The van der Waals surface area contributed by atoms with Gasteiger partial charge in [-0.2, -0.15) is 0 Å². The number of carbonyl (C=O) groups is 1. The Hall–Kier alpha value is -1.83. The van der Waals surface area contributed by atoms with E-state index < -0.39 is 5.60 Å². The van der Waals surface area contributed by atoms with Gasteiger partial charge in [0, 0.05) is 24.2 Å². The van der Waals surface area contributed by atoms with Crippen LogP contribution in [0, 0.1) is 17.8 Å². The molecule has 2 N–H and O–H groups in total. The maximum Gasteiger partial charge on any atom is 0.251 e. The fraction of sp³-hybridized carbons (Fsp3) is 0.550. The zero-order valence-corrected chi connectivity index (χ0v) is 14.9. The average Bonchev–Trinajstić information content (AvgIpc) is 2.53. The van der Waals surface area contributed by atoms with E-state index in [0.717, 1.165) is 25.1 Å². The summed E-state index contributed by atoms with van der Waals surface area (Å²) in [5.41, 5.74) is 0.423. The summed E-state index contributed by atoms with van der Waals surface area (Å²) in [6, 6.07) is 7.17. The molecule has 4 nitrogen and oxygen atoms in total. The molecule has 1 saturated heterocycles. The molecule has 0 radical (unpaired) electrons. The number of piperidine rings is 1. The number of aliphatic hydroxyl groups is 1. The number of nitrogens with one attached hydrogen (secondary N) is 1. The highest BCUT2D eigenvalue weighted by Gasteiger charge is 2.17. The van der Waals surface area contributed by atoms with Gasteiger partial charge in [0.1, 0.15) is 5.60 Å². The molecule has 24 heavy (non-hydrogen) atoms. The zero-order valence-electron chi connectivity index (χ0n) is 14.9. The maximum atomic E-state index is 12.2. The zero-order chi connectivity index (χ0) is 17.6. The highest BCUT2D eigenvalue weighted by molar-refractivity contribution is 5.94. The SMILES string of the molecule is CN1CCC[C@@H](CCNC(=O)c2ccc(C#CC(C)(C)O)cc2)C1. The minimum atomic E-state index is -1.01. The molecule has 1 aliphatic rings. The summed E-state index contributed by atoms with van der Waals surface area (Å²) in [6.45, 7) is 6.32. The quantitative estimate of drug-likeness (QED) is 0.834. The first-order valence-electron chi connectivity index (χ1n) is 8.66. The van der Waals surface area contributed by atoms with Crippen LogP contribution in [-0.4, -0.2) is 48.2 Å². The molecule has 1 atom stereocenters. The highest BCUT2D eigenvalue weighted by Crippen LogP contribution is 2.17. The molecule has 0 spiro atoms. The van der Waals surface area contributed by atoms with E-state index in [9.17, 15) is 9.90 Å². The molecule has 1 aromatic carbocycles. The number of carbonyl (C=O) groups excluding carboxylic acids is 1. The van der Waals surface area contributed by atoms with Gasteiger partial charge in [-0.15, -0.1) is 0 Å². The van der Waals surface area contributed by atoms with E-state index in [4.69, 9.17) is 0 Å². The third-order valence-corrected chi connectivity index (χ3v) is 4.22. The first-order valence-corrected chi connectivity index (χ1v) is 8.66. The Balaban J connectivity index is 1.81. The molecule has 0 bridgehead atoms. The van der Waals surface area contributed by atoms with Crippen LogP contribution in [0.5, 0.6) is 0 Å². The Morgan fingerprint density at radius 3 is 2.71 bits per heavy atom. The molecule has 1 aromatic rings. The molecule has 0 saturated carbocycles. The van der Waals surface area contributed by atoms with Crippen LogP contribution < -0.4 is 5.32 Å². The van der Waals surface area contributed by atoms with Crippen molar-refractivity contribution in [1.29, 1.82) is 0 Å². The van der Waals surface area contributed by atoms with Gasteiger partial charge in [0.25, 0.3) is 5.91 Å². The second-order valence-corrected chi connectivity index (χ2v) is 7.20. The summed E-state index contributed by atoms with van der Waals surface area (Å²) in [4.78, 5) is 14.5. The molecular formula is C20H28N2O2. The monoisotopic (exact) mass is 328 g/mol. The van der Waals surface area contributed by atoms with Crippen LogP contribution in [0.1, 0.15) is 49.0 Å². The lowest BCUT2D eigenvalue weighted by molar-refractivity contribution is 0.0948.